The highest BCUT2D eigenvalue weighted by Gasteiger charge is 2.35. The lowest BCUT2D eigenvalue weighted by Crippen LogP contribution is -2.54. The van der Waals surface area contributed by atoms with Crippen LogP contribution in [0.25, 0.3) is 0 Å². The molecule has 0 heterocycles. The fourth-order valence-electron chi connectivity index (χ4n) is 5.23. The summed E-state index contributed by atoms with van der Waals surface area (Å²) in [5.74, 6) is -0.141. The second-order valence-corrected chi connectivity index (χ2v) is 13.8. The van der Waals surface area contributed by atoms with E-state index in [1.165, 1.54) is 37.3 Å². The van der Waals surface area contributed by atoms with Crippen LogP contribution < -0.4 is 19.1 Å². The Morgan fingerprint density at radius 3 is 1.98 bits per heavy atom. The number of ether oxygens (including phenoxy) is 2. The number of nitrogens with zero attached hydrogens (tertiary/aromatic N) is 2. The van der Waals surface area contributed by atoms with Crippen LogP contribution in [0.3, 0.4) is 0 Å². The maximum Gasteiger partial charge on any atom is 0.264 e. The maximum atomic E-state index is 14.7. The van der Waals surface area contributed by atoms with Gasteiger partial charge in [0.05, 0.1) is 24.8 Å². The molecule has 10 heteroatoms. The van der Waals surface area contributed by atoms with Crippen molar-refractivity contribution in [2.45, 2.75) is 64.1 Å². The Hall–Kier alpha value is -4.83. The summed E-state index contributed by atoms with van der Waals surface area (Å²) in [6.45, 7) is 7.25. The summed E-state index contributed by atoms with van der Waals surface area (Å²) in [6, 6.07) is 27.3. The number of anilines is 1. The number of carbonyl (C=O) groups is 2. The molecule has 2 amide bonds. The highest BCUT2D eigenvalue weighted by atomic mass is 32.2. The van der Waals surface area contributed by atoms with Gasteiger partial charge in [0.25, 0.3) is 10.0 Å². The van der Waals surface area contributed by atoms with Crippen molar-refractivity contribution in [3.8, 4) is 11.5 Å². The molecule has 0 aliphatic rings. The van der Waals surface area contributed by atoms with E-state index in [-0.39, 0.29) is 35.5 Å². The second kappa shape index (κ2) is 16.3. The van der Waals surface area contributed by atoms with E-state index in [0.29, 0.717) is 17.9 Å². The Morgan fingerprint density at radius 2 is 1.40 bits per heavy atom. The summed E-state index contributed by atoms with van der Waals surface area (Å²) in [6.07, 6.45) is 0.944. The molecule has 4 aromatic rings. The van der Waals surface area contributed by atoms with Gasteiger partial charge in [0.15, 0.2) is 11.5 Å². The number of benzene rings is 4. The first kappa shape index (κ1) is 36.0. The molecule has 0 radical (unpaired) electrons. The van der Waals surface area contributed by atoms with Crippen molar-refractivity contribution in [2.75, 3.05) is 25.1 Å². The van der Waals surface area contributed by atoms with Crippen LogP contribution >= 0.6 is 0 Å². The van der Waals surface area contributed by atoms with Crippen LogP contribution in [0.2, 0.25) is 0 Å². The summed E-state index contributed by atoms with van der Waals surface area (Å²) >= 11 is 0. The van der Waals surface area contributed by atoms with E-state index < -0.39 is 28.5 Å². The van der Waals surface area contributed by atoms with Gasteiger partial charge in [-0.15, -0.1) is 0 Å². The third-order valence-corrected chi connectivity index (χ3v) is 10.1. The van der Waals surface area contributed by atoms with Crippen LogP contribution in [-0.4, -0.2) is 58.0 Å². The Balaban J connectivity index is 1.84. The number of methoxy groups -OCH3 is 2. The predicted octanol–water partition coefficient (Wildman–Crippen LogP) is 6.07. The molecule has 0 saturated carbocycles. The van der Waals surface area contributed by atoms with Crippen molar-refractivity contribution >= 4 is 27.5 Å². The molecule has 0 unspecified atom stereocenters. The second-order valence-electron chi connectivity index (χ2n) is 11.9. The largest absolute Gasteiger partial charge is 0.493 e. The summed E-state index contributed by atoms with van der Waals surface area (Å²) < 4.78 is 40.6. The summed E-state index contributed by atoms with van der Waals surface area (Å²) in [5.41, 5.74) is 3.83. The zero-order valence-electron chi connectivity index (χ0n) is 28.5. The fraction of sp³-hybridized carbons (Fsp3) is 0.316. The number of amides is 2. The fourth-order valence-corrected chi connectivity index (χ4v) is 6.64. The Kier molecular flexibility index (Phi) is 12.2. The predicted molar refractivity (Wildman–Crippen MR) is 189 cm³/mol. The van der Waals surface area contributed by atoms with Gasteiger partial charge in [-0.05, 0) is 62.6 Å². The molecule has 4 rings (SSSR count). The molecule has 0 aliphatic heterocycles. The summed E-state index contributed by atoms with van der Waals surface area (Å²) in [7, 11) is -1.32. The minimum atomic E-state index is -4.26. The topological polar surface area (TPSA) is 105 Å². The van der Waals surface area contributed by atoms with E-state index in [1.807, 2.05) is 82.3 Å². The molecule has 0 fully saturated rings. The van der Waals surface area contributed by atoms with Gasteiger partial charge in [-0.25, -0.2) is 8.42 Å². The molecule has 2 atom stereocenters. The first-order chi connectivity index (χ1) is 23.0. The first-order valence-corrected chi connectivity index (χ1v) is 17.4. The standard InChI is InChI=1S/C38H45N3O6S/c1-7-29(4)39-38(43)34(23-30-11-9-8-10-12-30)40(25-31-17-13-27(2)14-18-31)37(42)26-41(32-19-22-35(46-5)36(24-32)47-6)48(44,45)33-20-15-28(3)16-21-33/h8-22,24,29,34H,7,23,25-26H2,1-6H3,(H,39,43)/t29-,34-/m1/s1. The molecule has 0 aromatic heterocycles. The number of hydrogen-bond donors (Lipinski definition) is 1. The number of hydrogen-bond acceptors (Lipinski definition) is 6. The third-order valence-electron chi connectivity index (χ3n) is 8.29. The summed E-state index contributed by atoms with van der Waals surface area (Å²) in [5, 5.41) is 3.06. The van der Waals surface area contributed by atoms with Gasteiger partial charge >= 0.3 is 0 Å². The van der Waals surface area contributed by atoms with Crippen molar-refractivity contribution in [3.05, 3.63) is 119 Å². The van der Waals surface area contributed by atoms with Gasteiger partial charge in [-0.1, -0.05) is 84.8 Å². The lowest BCUT2D eigenvalue weighted by molar-refractivity contribution is -0.140. The van der Waals surface area contributed by atoms with Gasteiger partial charge in [-0.3, -0.25) is 13.9 Å². The molecule has 0 aliphatic carbocycles. The average molecular weight is 672 g/mol. The Labute approximate surface area is 284 Å². The smallest absolute Gasteiger partial charge is 0.264 e. The van der Waals surface area contributed by atoms with E-state index in [2.05, 4.69) is 5.32 Å². The van der Waals surface area contributed by atoms with Crippen LogP contribution in [0.15, 0.2) is 102 Å². The minimum absolute atomic E-state index is 0.0242. The lowest BCUT2D eigenvalue weighted by Gasteiger charge is -2.34. The molecular formula is C38H45N3O6S. The monoisotopic (exact) mass is 671 g/mol. The van der Waals surface area contributed by atoms with Crippen LogP contribution in [0.5, 0.6) is 11.5 Å². The van der Waals surface area contributed by atoms with E-state index in [9.17, 15) is 18.0 Å². The third kappa shape index (κ3) is 8.95. The molecule has 254 valence electrons. The highest BCUT2D eigenvalue weighted by molar-refractivity contribution is 7.92. The maximum absolute atomic E-state index is 14.7. The molecule has 9 nitrogen and oxygen atoms in total. The molecule has 0 bridgehead atoms. The summed E-state index contributed by atoms with van der Waals surface area (Å²) in [4.78, 5) is 30.2. The van der Waals surface area contributed by atoms with Crippen molar-refractivity contribution in [3.63, 3.8) is 0 Å². The van der Waals surface area contributed by atoms with E-state index in [4.69, 9.17) is 9.47 Å². The van der Waals surface area contributed by atoms with Crippen molar-refractivity contribution in [1.82, 2.24) is 10.2 Å². The van der Waals surface area contributed by atoms with Crippen LogP contribution in [0.4, 0.5) is 5.69 Å². The number of carbonyl (C=O) groups excluding carboxylic acids is 2. The van der Waals surface area contributed by atoms with Crippen molar-refractivity contribution in [1.29, 1.82) is 0 Å². The number of aryl methyl sites for hydroxylation is 2. The van der Waals surface area contributed by atoms with Crippen LogP contribution in [0, 0.1) is 13.8 Å². The zero-order chi connectivity index (χ0) is 34.8. The molecule has 0 saturated heterocycles. The van der Waals surface area contributed by atoms with Gasteiger partial charge < -0.3 is 19.7 Å². The van der Waals surface area contributed by atoms with Gasteiger partial charge in [0, 0.05) is 25.1 Å². The quantitative estimate of drug-likeness (QED) is 0.165. The van der Waals surface area contributed by atoms with Crippen molar-refractivity contribution < 1.29 is 27.5 Å². The van der Waals surface area contributed by atoms with Gasteiger partial charge in [-0.2, -0.15) is 0 Å². The SMILES string of the molecule is CC[C@@H](C)NC(=O)[C@@H](Cc1ccccc1)N(Cc1ccc(C)cc1)C(=O)CN(c1ccc(OC)c(OC)c1)S(=O)(=O)c1ccc(C)cc1. The minimum Gasteiger partial charge on any atom is -0.493 e. The van der Waals surface area contributed by atoms with E-state index in [1.54, 1.807) is 24.3 Å². The molecular weight excluding hydrogens is 627 g/mol. The molecule has 1 N–H and O–H groups in total. The van der Waals surface area contributed by atoms with E-state index in [0.717, 1.165) is 26.6 Å². The molecule has 0 spiro atoms. The number of rotatable bonds is 15. The number of sulfonamides is 1. The van der Waals surface area contributed by atoms with Crippen LogP contribution in [0.1, 0.15) is 42.5 Å². The number of nitrogens with one attached hydrogen (secondary N) is 1. The Morgan fingerprint density at radius 1 is 0.792 bits per heavy atom. The normalized spacial score (nSPS) is 12.5. The first-order valence-electron chi connectivity index (χ1n) is 16.0. The Bertz CT molecular complexity index is 1780. The average Bonchev–Trinajstić information content (AvgIpc) is 3.09. The van der Waals surface area contributed by atoms with Gasteiger partial charge in [0.1, 0.15) is 12.6 Å². The molecule has 4 aromatic carbocycles. The highest BCUT2D eigenvalue weighted by Crippen LogP contribution is 2.34. The zero-order valence-corrected chi connectivity index (χ0v) is 29.3. The lowest BCUT2D eigenvalue weighted by atomic mass is 10.0. The van der Waals surface area contributed by atoms with Gasteiger partial charge in [0.2, 0.25) is 11.8 Å². The van der Waals surface area contributed by atoms with Crippen LogP contribution in [-0.2, 0) is 32.6 Å². The van der Waals surface area contributed by atoms with E-state index >= 15 is 0 Å². The van der Waals surface area contributed by atoms with Crippen molar-refractivity contribution in [2.24, 2.45) is 0 Å². The molecule has 48 heavy (non-hydrogen) atoms.